The molecule has 0 aromatic carbocycles. The normalized spacial score (nSPS) is 11.7. The number of allylic oxidation sites excluding steroid dienone is 3. The zero-order valence-electron chi connectivity index (χ0n) is 16.9. The van der Waals surface area contributed by atoms with Crippen molar-refractivity contribution in [3.63, 3.8) is 0 Å². The van der Waals surface area contributed by atoms with Gasteiger partial charge in [-0.25, -0.2) is 4.79 Å². The Morgan fingerprint density at radius 1 is 0.808 bits per heavy atom. The highest BCUT2D eigenvalue weighted by Gasteiger charge is 2.17. The van der Waals surface area contributed by atoms with Crippen molar-refractivity contribution < 1.29 is 19.1 Å². The van der Waals surface area contributed by atoms with Gasteiger partial charge in [-0.3, -0.25) is 9.59 Å². The Morgan fingerprint density at radius 3 is 2.08 bits per heavy atom. The molecular formula is C22H36O4. The van der Waals surface area contributed by atoms with Gasteiger partial charge in [-0.05, 0) is 31.8 Å². The molecule has 0 aliphatic carbocycles. The standard InChI is InChI=1S/C22H36O4/c1-4-6-8-9-12-15-19(23)16-13-10-14-17-20(22(25)26-3)21(24)18-11-7-5-2/h13,16-17H,4-12,14-15,18H2,1-3H3/b16-13+,20-17-. The van der Waals surface area contributed by atoms with Gasteiger partial charge in [-0.2, -0.15) is 0 Å². The third kappa shape index (κ3) is 12.6. The summed E-state index contributed by atoms with van der Waals surface area (Å²) in [6, 6.07) is 0. The molecule has 0 amide bonds. The van der Waals surface area contributed by atoms with Crippen LogP contribution in [0.4, 0.5) is 0 Å². The SMILES string of the molecule is CCCCCCCC(=O)/C=C/CC/C=C(/C(=O)CCCCC)C(=O)OC. The van der Waals surface area contributed by atoms with Gasteiger partial charge in [0.05, 0.1) is 12.7 Å². The smallest absolute Gasteiger partial charge is 0.341 e. The summed E-state index contributed by atoms with van der Waals surface area (Å²) in [6.45, 7) is 4.24. The summed E-state index contributed by atoms with van der Waals surface area (Å²) in [7, 11) is 1.29. The molecule has 4 nitrogen and oxygen atoms in total. The van der Waals surface area contributed by atoms with Crippen molar-refractivity contribution in [1.82, 2.24) is 0 Å². The van der Waals surface area contributed by atoms with E-state index in [-0.39, 0.29) is 17.1 Å². The Hall–Kier alpha value is -1.71. The molecule has 0 saturated heterocycles. The molecule has 0 aromatic heterocycles. The first-order chi connectivity index (χ1) is 12.6. The highest BCUT2D eigenvalue weighted by molar-refractivity contribution is 6.17. The maximum absolute atomic E-state index is 12.1. The fourth-order valence-corrected chi connectivity index (χ4v) is 2.62. The van der Waals surface area contributed by atoms with Gasteiger partial charge in [0, 0.05) is 12.8 Å². The molecule has 0 spiro atoms. The predicted molar refractivity (Wildman–Crippen MR) is 106 cm³/mol. The van der Waals surface area contributed by atoms with E-state index in [4.69, 9.17) is 4.74 Å². The number of unbranched alkanes of at least 4 members (excludes halogenated alkanes) is 7. The van der Waals surface area contributed by atoms with Crippen molar-refractivity contribution in [3.05, 3.63) is 23.8 Å². The van der Waals surface area contributed by atoms with E-state index in [1.54, 1.807) is 12.2 Å². The van der Waals surface area contributed by atoms with Crippen LogP contribution in [0, 0.1) is 0 Å². The second kappa shape index (κ2) is 16.7. The monoisotopic (exact) mass is 364 g/mol. The number of methoxy groups -OCH3 is 1. The van der Waals surface area contributed by atoms with E-state index in [0.717, 1.165) is 32.1 Å². The molecule has 26 heavy (non-hydrogen) atoms. The highest BCUT2D eigenvalue weighted by Crippen LogP contribution is 2.11. The first kappa shape index (κ1) is 24.3. The third-order valence-electron chi connectivity index (χ3n) is 4.23. The first-order valence-corrected chi connectivity index (χ1v) is 10.1. The molecule has 0 unspecified atom stereocenters. The van der Waals surface area contributed by atoms with Crippen molar-refractivity contribution >= 4 is 17.5 Å². The van der Waals surface area contributed by atoms with Crippen molar-refractivity contribution in [1.29, 1.82) is 0 Å². The number of ether oxygens (including phenoxy) is 1. The summed E-state index contributed by atoms with van der Waals surface area (Å²) in [5.41, 5.74) is 0.138. The number of carbonyl (C=O) groups is 3. The van der Waals surface area contributed by atoms with Crippen molar-refractivity contribution in [2.45, 2.75) is 90.9 Å². The van der Waals surface area contributed by atoms with Gasteiger partial charge in [0.2, 0.25) is 0 Å². The molecule has 0 aromatic rings. The quantitative estimate of drug-likeness (QED) is 0.119. The molecule has 0 aliphatic heterocycles. The predicted octanol–water partition coefficient (Wildman–Crippen LogP) is 5.50. The Balaban J connectivity index is 4.26. The average Bonchev–Trinajstić information content (AvgIpc) is 2.64. The minimum atomic E-state index is -0.571. The van der Waals surface area contributed by atoms with Crippen LogP contribution in [0.1, 0.15) is 90.9 Å². The fraction of sp³-hybridized carbons (Fsp3) is 0.682. The van der Waals surface area contributed by atoms with Crippen LogP contribution >= 0.6 is 0 Å². The highest BCUT2D eigenvalue weighted by atomic mass is 16.5. The summed E-state index contributed by atoms with van der Waals surface area (Å²) in [4.78, 5) is 35.7. The number of Topliss-reactive ketones (excluding diaryl/α,β-unsaturated/α-hetero) is 1. The molecular weight excluding hydrogens is 328 g/mol. The van der Waals surface area contributed by atoms with E-state index in [1.165, 1.54) is 26.4 Å². The van der Waals surface area contributed by atoms with Crippen molar-refractivity contribution in [3.8, 4) is 0 Å². The Kier molecular flexibility index (Phi) is 15.6. The minimum Gasteiger partial charge on any atom is -0.465 e. The van der Waals surface area contributed by atoms with E-state index in [0.29, 0.717) is 25.7 Å². The van der Waals surface area contributed by atoms with Crippen LogP contribution in [0.2, 0.25) is 0 Å². The van der Waals surface area contributed by atoms with Gasteiger partial charge in [0.15, 0.2) is 11.6 Å². The van der Waals surface area contributed by atoms with Crippen molar-refractivity contribution in [2.75, 3.05) is 7.11 Å². The average molecular weight is 365 g/mol. The Labute approximate surface area is 159 Å². The number of hydrogen-bond donors (Lipinski definition) is 0. The van der Waals surface area contributed by atoms with Gasteiger partial charge < -0.3 is 4.74 Å². The molecule has 0 heterocycles. The van der Waals surface area contributed by atoms with Gasteiger partial charge in [-0.1, -0.05) is 64.5 Å². The van der Waals surface area contributed by atoms with E-state index in [1.807, 2.05) is 6.08 Å². The van der Waals surface area contributed by atoms with Gasteiger partial charge in [0.1, 0.15) is 0 Å². The maximum Gasteiger partial charge on any atom is 0.341 e. The first-order valence-electron chi connectivity index (χ1n) is 10.1. The molecule has 0 saturated carbocycles. The Bertz CT molecular complexity index is 475. The molecule has 0 N–H and O–H groups in total. The van der Waals surface area contributed by atoms with Crippen molar-refractivity contribution in [2.24, 2.45) is 0 Å². The van der Waals surface area contributed by atoms with Gasteiger partial charge >= 0.3 is 5.97 Å². The van der Waals surface area contributed by atoms with E-state index in [9.17, 15) is 14.4 Å². The second-order valence-corrected chi connectivity index (χ2v) is 6.60. The number of rotatable bonds is 16. The van der Waals surface area contributed by atoms with E-state index in [2.05, 4.69) is 13.8 Å². The molecule has 148 valence electrons. The number of esters is 1. The van der Waals surface area contributed by atoms with E-state index >= 15 is 0 Å². The Morgan fingerprint density at radius 2 is 1.42 bits per heavy atom. The lowest BCUT2D eigenvalue weighted by atomic mass is 10.0. The lowest BCUT2D eigenvalue weighted by molar-refractivity contribution is -0.137. The van der Waals surface area contributed by atoms with Crippen LogP contribution in [0.3, 0.4) is 0 Å². The molecule has 4 heteroatoms. The number of carbonyl (C=O) groups excluding carboxylic acids is 3. The molecule has 0 radical (unpaired) electrons. The summed E-state index contributed by atoms with van der Waals surface area (Å²) >= 11 is 0. The van der Waals surface area contributed by atoms with Crippen LogP contribution in [0.5, 0.6) is 0 Å². The summed E-state index contributed by atoms with van der Waals surface area (Å²) in [6.07, 6.45) is 15.7. The largest absolute Gasteiger partial charge is 0.465 e. The van der Waals surface area contributed by atoms with Crippen LogP contribution in [0.15, 0.2) is 23.8 Å². The van der Waals surface area contributed by atoms with Crippen LogP contribution < -0.4 is 0 Å². The van der Waals surface area contributed by atoms with E-state index < -0.39 is 5.97 Å². The fourth-order valence-electron chi connectivity index (χ4n) is 2.62. The van der Waals surface area contributed by atoms with Gasteiger partial charge in [-0.15, -0.1) is 0 Å². The summed E-state index contributed by atoms with van der Waals surface area (Å²) in [5, 5.41) is 0. The zero-order chi connectivity index (χ0) is 19.6. The number of ketones is 2. The lowest BCUT2D eigenvalue weighted by Crippen LogP contribution is -2.14. The molecule has 0 rings (SSSR count). The topological polar surface area (TPSA) is 60.4 Å². The van der Waals surface area contributed by atoms with Crippen LogP contribution in [-0.2, 0) is 19.1 Å². The molecule has 0 bridgehead atoms. The van der Waals surface area contributed by atoms with Gasteiger partial charge in [0.25, 0.3) is 0 Å². The molecule has 0 fully saturated rings. The number of hydrogen-bond acceptors (Lipinski definition) is 4. The second-order valence-electron chi connectivity index (χ2n) is 6.60. The van der Waals surface area contributed by atoms with Crippen LogP contribution in [0.25, 0.3) is 0 Å². The zero-order valence-corrected chi connectivity index (χ0v) is 16.9. The molecule has 0 atom stereocenters. The van der Waals surface area contributed by atoms with Crippen LogP contribution in [-0.4, -0.2) is 24.6 Å². The summed E-state index contributed by atoms with van der Waals surface area (Å²) < 4.78 is 4.71. The lowest BCUT2D eigenvalue weighted by Gasteiger charge is -2.04. The minimum absolute atomic E-state index is 0.138. The molecule has 0 aliphatic rings. The summed E-state index contributed by atoms with van der Waals surface area (Å²) in [5.74, 6) is -0.578. The third-order valence-corrected chi connectivity index (χ3v) is 4.23. The maximum atomic E-state index is 12.1.